The molecule has 2 unspecified atom stereocenters. The quantitative estimate of drug-likeness (QED) is 0.221. The smallest absolute Gasteiger partial charge is 0.328 e. The zero-order valence-electron chi connectivity index (χ0n) is 20.0. The van der Waals surface area contributed by atoms with E-state index in [1.165, 1.54) is 0 Å². The molecule has 0 aliphatic rings. The van der Waals surface area contributed by atoms with Crippen LogP contribution in [0.3, 0.4) is 0 Å². The van der Waals surface area contributed by atoms with E-state index in [1.807, 2.05) is 78.9 Å². The van der Waals surface area contributed by atoms with E-state index >= 15 is 0 Å². The second kappa shape index (κ2) is 14.3. The van der Waals surface area contributed by atoms with Crippen molar-refractivity contribution in [2.24, 2.45) is 5.92 Å². The van der Waals surface area contributed by atoms with Gasteiger partial charge in [-0.25, -0.2) is 0 Å². The van der Waals surface area contributed by atoms with E-state index in [4.69, 9.17) is 14.0 Å². The highest BCUT2D eigenvalue weighted by Crippen LogP contribution is 2.44. The lowest BCUT2D eigenvalue weighted by atomic mass is 10.0. The number of ether oxygens (including phenoxy) is 2. The molecule has 0 spiro atoms. The number of rotatable bonds is 14. The molecule has 0 aromatic heterocycles. The molecule has 190 valence electrons. The van der Waals surface area contributed by atoms with Crippen LogP contribution in [0.4, 0.5) is 0 Å². The van der Waals surface area contributed by atoms with Crippen molar-refractivity contribution in [3.05, 3.63) is 108 Å². The molecular weight excluding hydrogens is 479 g/mol. The highest BCUT2D eigenvalue weighted by molar-refractivity contribution is 7.52. The van der Waals surface area contributed by atoms with Crippen molar-refractivity contribution in [1.82, 2.24) is 0 Å². The Kier molecular flexibility index (Phi) is 10.9. The molecular formula is C28H31O7P. The van der Waals surface area contributed by atoms with E-state index in [0.29, 0.717) is 0 Å². The molecule has 7 nitrogen and oxygen atoms in total. The van der Waals surface area contributed by atoms with Gasteiger partial charge in [-0.1, -0.05) is 91.0 Å². The first-order valence-electron chi connectivity index (χ1n) is 11.8. The van der Waals surface area contributed by atoms with Gasteiger partial charge in [-0.3, -0.25) is 14.2 Å². The third-order valence-electron chi connectivity index (χ3n) is 5.53. The summed E-state index contributed by atoms with van der Waals surface area (Å²) in [5, 5.41) is 0. The maximum Gasteiger partial charge on any atom is 0.328 e. The largest absolute Gasteiger partial charge is 0.461 e. The van der Waals surface area contributed by atoms with Gasteiger partial charge in [0.15, 0.2) is 0 Å². The van der Waals surface area contributed by atoms with Crippen molar-refractivity contribution in [2.45, 2.75) is 39.1 Å². The van der Waals surface area contributed by atoms with E-state index in [-0.39, 0.29) is 45.2 Å². The first kappa shape index (κ1) is 27.3. The average molecular weight is 511 g/mol. The van der Waals surface area contributed by atoms with E-state index in [1.54, 1.807) is 12.1 Å². The molecule has 1 N–H and O–H groups in total. The second-order valence-electron chi connectivity index (χ2n) is 8.38. The van der Waals surface area contributed by atoms with Crippen molar-refractivity contribution in [3.8, 4) is 0 Å². The lowest BCUT2D eigenvalue weighted by Gasteiger charge is -2.18. The molecule has 0 saturated carbocycles. The lowest BCUT2D eigenvalue weighted by Crippen LogP contribution is -2.21. The van der Waals surface area contributed by atoms with Crippen LogP contribution in [-0.2, 0) is 48.0 Å². The van der Waals surface area contributed by atoms with Crippen molar-refractivity contribution in [2.75, 3.05) is 6.16 Å². The summed E-state index contributed by atoms with van der Waals surface area (Å²) >= 11 is 0. The monoisotopic (exact) mass is 510 g/mol. The molecule has 3 aromatic rings. The van der Waals surface area contributed by atoms with Crippen LogP contribution >= 0.6 is 7.60 Å². The molecule has 36 heavy (non-hydrogen) atoms. The van der Waals surface area contributed by atoms with Gasteiger partial charge in [-0.05, 0) is 29.5 Å². The molecule has 0 heterocycles. The first-order chi connectivity index (χ1) is 17.4. The highest BCUT2D eigenvalue weighted by atomic mass is 31.2. The summed E-state index contributed by atoms with van der Waals surface area (Å²) in [7, 11) is -3.95. The van der Waals surface area contributed by atoms with Gasteiger partial charge in [0, 0.05) is 6.42 Å². The molecule has 0 amide bonds. The van der Waals surface area contributed by atoms with Crippen LogP contribution in [-0.4, -0.2) is 23.0 Å². The maximum absolute atomic E-state index is 12.8. The summed E-state index contributed by atoms with van der Waals surface area (Å²) in [6.07, 6.45) is -0.0649. The van der Waals surface area contributed by atoms with Crippen molar-refractivity contribution >= 4 is 19.5 Å². The minimum atomic E-state index is -3.95. The van der Waals surface area contributed by atoms with E-state index < -0.39 is 25.5 Å². The van der Waals surface area contributed by atoms with E-state index in [0.717, 1.165) is 16.7 Å². The van der Waals surface area contributed by atoms with Crippen LogP contribution in [0.5, 0.6) is 0 Å². The lowest BCUT2D eigenvalue weighted by molar-refractivity contribution is -0.151. The number of hydrogen-bond acceptors (Lipinski definition) is 6. The van der Waals surface area contributed by atoms with Gasteiger partial charge in [-0.2, -0.15) is 0 Å². The molecule has 0 radical (unpaired) electrons. The zero-order chi connectivity index (χ0) is 25.6. The summed E-state index contributed by atoms with van der Waals surface area (Å²) in [6, 6.07) is 27.6. The molecule has 8 heteroatoms. The Morgan fingerprint density at radius 2 is 1.17 bits per heavy atom. The third kappa shape index (κ3) is 10.2. The highest BCUT2D eigenvalue weighted by Gasteiger charge is 2.27. The van der Waals surface area contributed by atoms with Gasteiger partial charge in [-0.15, -0.1) is 0 Å². The SMILES string of the molecule is O=C(CCC(CCP(=O)(O)OCc1ccccc1)C(=O)OCc1ccccc1)OCc1ccccc1. The van der Waals surface area contributed by atoms with Crippen molar-refractivity contribution in [3.63, 3.8) is 0 Å². The van der Waals surface area contributed by atoms with Gasteiger partial charge in [0.25, 0.3) is 0 Å². The molecule has 2 atom stereocenters. The second-order valence-corrected chi connectivity index (χ2v) is 10.4. The topological polar surface area (TPSA) is 99.1 Å². The van der Waals surface area contributed by atoms with E-state index in [9.17, 15) is 19.0 Å². The zero-order valence-corrected chi connectivity index (χ0v) is 20.9. The van der Waals surface area contributed by atoms with Gasteiger partial charge < -0.3 is 18.9 Å². The van der Waals surface area contributed by atoms with Gasteiger partial charge >= 0.3 is 19.5 Å². The molecule has 0 saturated heterocycles. The predicted molar refractivity (Wildman–Crippen MR) is 136 cm³/mol. The normalized spacial score (nSPS) is 13.4. The molecule has 0 aliphatic carbocycles. The van der Waals surface area contributed by atoms with E-state index in [2.05, 4.69) is 0 Å². The fraction of sp³-hybridized carbons (Fsp3) is 0.286. The number of carbonyl (C=O) groups is 2. The summed E-state index contributed by atoms with van der Waals surface area (Å²) in [4.78, 5) is 35.4. The Morgan fingerprint density at radius 3 is 1.69 bits per heavy atom. The maximum atomic E-state index is 12.8. The minimum absolute atomic E-state index is 0.0104. The van der Waals surface area contributed by atoms with Crippen LogP contribution in [0.15, 0.2) is 91.0 Å². The Bertz CT molecular complexity index is 1120. The third-order valence-corrected chi connectivity index (χ3v) is 6.89. The molecule has 3 rings (SSSR count). The standard InChI is InChI=1S/C28H31O7P/c29-27(33-20-23-10-4-1-5-11-23)17-16-26(28(30)34-21-24-12-6-2-7-13-24)18-19-36(31,32)35-22-25-14-8-3-9-15-25/h1-15,26H,16-22H2,(H,31,32). The molecule has 0 aliphatic heterocycles. The number of esters is 2. The fourth-order valence-corrected chi connectivity index (χ4v) is 4.58. The average Bonchev–Trinajstić information content (AvgIpc) is 2.91. The Hall–Kier alpha value is -3.25. The summed E-state index contributed by atoms with van der Waals surface area (Å²) in [5.41, 5.74) is 2.46. The summed E-state index contributed by atoms with van der Waals surface area (Å²) < 4.78 is 28.6. The number of benzene rings is 3. The van der Waals surface area contributed by atoms with Crippen molar-refractivity contribution in [1.29, 1.82) is 0 Å². The van der Waals surface area contributed by atoms with Crippen LogP contribution < -0.4 is 0 Å². The molecule has 3 aromatic carbocycles. The van der Waals surface area contributed by atoms with Crippen LogP contribution in [0, 0.1) is 5.92 Å². The number of hydrogen-bond donors (Lipinski definition) is 1. The Morgan fingerprint density at radius 1 is 0.694 bits per heavy atom. The molecule has 0 bridgehead atoms. The summed E-state index contributed by atoms with van der Waals surface area (Å²) in [6.45, 7) is 0.210. The predicted octanol–water partition coefficient (Wildman–Crippen LogP) is 5.66. The minimum Gasteiger partial charge on any atom is -0.461 e. The van der Waals surface area contributed by atoms with Crippen LogP contribution in [0.2, 0.25) is 0 Å². The van der Waals surface area contributed by atoms with Crippen LogP contribution in [0.1, 0.15) is 36.0 Å². The summed E-state index contributed by atoms with van der Waals surface area (Å²) in [5.74, 6) is -1.73. The Labute approximate surface area is 211 Å². The fourth-order valence-electron chi connectivity index (χ4n) is 3.46. The van der Waals surface area contributed by atoms with Gasteiger partial charge in [0.05, 0.1) is 18.7 Å². The van der Waals surface area contributed by atoms with Gasteiger partial charge in [0.2, 0.25) is 0 Å². The molecule has 0 fully saturated rings. The first-order valence-corrected chi connectivity index (χ1v) is 13.6. The Balaban J connectivity index is 1.53. The van der Waals surface area contributed by atoms with Crippen LogP contribution in [0.25, 0.3) is 0 Å². The van der Waals surface area contributed by atoms with Gasteiger partial charge in [0.1, 0.15) is 13.2 Å². The van der Waals surface area contributed by atoms with Crippen molar-refractivity contribution < 1.29 is 33.0 Å². The number of carbonyl (C=O) groups excluding carboxylic acids is 2.